The normalized spacial score (nSPS) is 31.3. The summed E-state index contributed by atoms with van der Waals surface area (Å²) < 4.78 is 14.1. The molecule has 0 aromatic carbocycles. The summed E-state index contributed by atoms with van der Waals surface area (Å²) in [6.07, 6.45) is 7.58. The molecule has 0 spiro atoms. The van der Waals surface area contributed by atoms with E-state index in [1.54, 1.807) is 12.1 Å². The molecular weight excluding hydrogens is 387 g/mol. The Balaban J connectivity index is 1.49. The van der Waals surface area contributed by atoms with E-state index in [0.29, 0.717) is 55.1 Å². The highest BCUT2D eigenvalue weighted by molar-refractivity contribution is 5.99. The monoisotopic (exact) mass is 418 g/mol. The van der Waals surface area contributed by atoms with Crippen LogP contribution in [0.15, 0.2) is 4.79 Å². The molecule has 5 aliphatic rings. The minimum Gasteiger partial charge on any atom is -0.505 e. The van der Waals surface area contributed by atoms with Crippen LogP contribution in [0.5, 0.6) is 5.75 Å². The van der Waals surface area contributed by atoms with Crippen molar-refractivity contribution in [3.05, 3.63) is 21.6 Å². The summed E-state index contributed by atoms with van der Waals surface area (Å²) in [5.41, 5.74) is 3.29. The summed E-state index contributed by atoms with van der Waals surface area (Å²) in [6.45, 7) is 0.284. The van der Waals surface area contributed by atoms with Gasteiger partial charge in [-0.05, 0) is 69.1 Å². The van der Waals surface area contributed by atoms with Crippen molar-refractivity contribution in [1.82, 2.24) is 15.3 Å². The quantitative estimate of drug-likeness (QED) is 0.618. The fourth-order valence-electron chi connectivity index (χ4n) is 6.92. The lowest BCUT2D eigenvalue weighted by atomic mass is 9.53. The summed E-state index contributed by atoms with van der Waals surface area (Å²) in [7, 11) is 1.75. The zero-order chi connectivity index (χ0) is 21.0. The number of hydrogen-bond acceptors (Lipinski definition) is 5. The number of nitrogens with one attached hydrogen (secondary N) is 2. The molecule has 6 rings (SSSR count). The number of unbranched alkanes of at least 4 members (excludes halogenated alkanes) is 1. The Morgan fingerprint density at radius 2 is 1.83 bits per heavy atom. The molecule has 30 heavy (non-hydrogen) atoms. The van der Waals surface area contributed by atoms with Crippen LogP contribution in [0.25, 0.3) is 0 Å². The average molecular weight is 419 g/mol. The second-order valence-electron chi connectivity index (χ2n) is 9.92. The van der Waals surface area contributed by atoms with Crippen LogP contribution in [0.2, 0.25) is 0 Å². The molecule has 0 radical (unpaired) electrons. The van der Waals surface area contributed by atoms with E-state index < -0.39 is 18.1 Å². The van der Waals surface area contributed by atoms with Gasteiger partial charge in [-0.15, -0.1) is 0 Å². The molecule has 4 saturated carbocycles. The third-order valence-corrected chi connectivity index (χ3v) is 7.75. The van der Waals surface area contributed by atoms with Gasteiger partial charge in [-0.1, -0.05) is 0 Å². The molecule has 3 N–H and O–H groups in total. The number of amides is 1. The number of nitrogens with zero attached hydrogens (tertiary/aromatic N) is 2. The highest BCUT2D eigenvalue weighted by Crippen LogP contribution is 2.55. The third kappa shape index (κ3) is 3.11. The molecule has 4 fully saturated rings. The van der Waals surface area contributed by atoms with Crippen LogP contribution in [0, 0.1) is 17.8 Å². The minimum atomic E-state index is -0.482. The van der Waals surface area contributed by atoms with Crippen LogP contribution in [-0.4, -0.2) is 34.8 Å². The largest absolute Gasteiger partial charge is 0.505 e. The van der Waals surface area contributed by atoms with Crippen LogP contribution >= 0.6 is 0 Å². The van der Waals surface area contributed by atoms with Crippen molar-refractivity contribution in [3.8, 4) is 5.75 Å². The summed E-state index contributed by atoms with van der Waals surface area (Å²) in [6, 6.07) is 0. The van der Waals surface area contributed by atoms with E-state index in [-0.39, 0.29) is 16.9 Å². The highest BCUT2D eigenvalue weighted by Gasteiger charge is 2.52. The van der Waals surface area contributed by atoms with E-state index in [9.17, 15) is 19.1 Å². The van der Waals surface area contributed by atoms with Gasteiger partial charge in [0.05, 0.1) is 18.9 Å². The lowest BCUT2D eigenvalue weighted by Gasteiger charge is -2.56. The molecule has 0 saturated heterocycles. The lowest BCUT2D eigenvalue weighted by molar-refractivity contribution is -0.0167. The predicted molar refractivity (Wildman–Crippen MR) is 111 cm³/mol. The lowest BCUT2D eigenvalue weighted by Crippen LogP contribution is -2.60. The topological polar surface area (TPSA) is 86.6 Å². The smallest absolute Gasteiger partial charge is 0.267 e. The van der Waals surface area contributed by atoms with E-state index in [2.05, 4.69) is 10.7 Å². The fraction of sp³-hybridized carbons (Fsp3) is 0.727. The second-order valence-corrected chi connectivity index (χ2v) is 9.92. The molecule has 164 valence electrons. The fourth-order valence-corrected chi connectivity index (χ4v) is 6.92. The number of hydrogen-bond donors (Lipinski definition) is 3. The van der Waals surface area contributed by atoms with Gasteiger partial charge in [0.15, 0.2) is 5.75 Å². The minimum absolute atomic E-state index is 0.180. The van der Waals surface area contributed by atoms with Crippen molar-refractivity contribution in [3.63, 3.8) is 0 Å². The number of hydrazine groups is 1. The standard InChI is InChI=1S/C22H31FN4O3/c1-26-18-16(12-24-26)27(5-3-2-4-23)21(30)17(19(18)28)20(29)25-22-9-13-6-14(10-22)8-15(7-13)11-22/h13-15,24,28H,2-12H2,1H3,(H,25,29). The van der Waals surface area contributed by atoms with Gasteiger partial charge in [0.25, 0.3) is 11.5 Å². The number of aromatic hydroxyl groups is 1. The first kappa shape index (κ1) is 19.8. The van der Waals surface area contributed by atoms with Crippen LogP contribution in [-0.2, 0) is 13.1 Å². The van der Waals surface area contributed by atoms with Gasteiger partial charge in [0.2, 0.25) is 0 Å². The first-order chi connectivity index (χ1) is 14.4. The Morgan fingerprint density at radius 3 is 2.43 bits per heavy atom. The number of carbonyl (C=O) groups excluding carboxylic acids is 1. The van der Waals surface area contributed by atoms with Gasteiger partial charge in [0.1, 0.15) is 11.3 Å². The number of pyridine rings is 1. The van der Waals surface area contributed by atoms with Gasteiger partial charge in [0, 0.05) is 19.1 Å². The Kier molecular flexibility index (Phi) is 4.80. The van der Waals surface area contributed by atoms with E-state index in [0.717, 1.165) is 19.3 Å². The average Bonchev–Trinajstić information content (AvgIpc) is 3.04. The molecule has 8 heteroatoms. The summed E-state index contributed by atoms with van der Waals surface area (Å²) >= 11 is 0. The van der Waals surface area contributed by atoms with Crippen molar-refractivity contribution in [2.75, 3.05) is 18.7 Å². The number of halogens is 1. The molecule has 1 aromatic heterocycles. The molecule has 7 nitrogen and oxygen atoms in total. The van der Waals surface area contributed by atoms with Crippen molar-refractivity contribution in [1.29, 1.82) is 0 Å². The third-order valence-electron chi connectivity index (χ3n) is 7.75. The van der Waals surface area contributed by atoms with Crippen LogP contribution < -0.4 is 21.3 Å². The predicted octanol–water partition coefficient (Wildman–Crippen LogP) is 2.46. The van der Waals surface area contributed by atoms with Crippen molar-refractivity contribution in [2.24, 2.45) is 17.8 Å². The van der Waals surface area contributed by atoms with E-state index in [4.69, 9.17) is 0 Å². The molecular formula is C22H31FN4O3. The first-order valence-electron chi connectivity index (χ1n) is 11.2. The van der Waals surface area contributed by atoms with Gasteiger partial charge in [-0.2, -0.15) is 0 Å². The number of rotatable bonds is 6. The van der Waals surface area contributed by atoms with Gasteiger partial charge in [-0.3, -0.25) is 14.0 Å². The maximum atomic E-state index is 13.4. The van der Waals surface area contributed by atoms with Crippen LogP contribution in [0.4, 0.5) is 10.1 Å². The number of carbonyl (C=O) groups is 1. The SMILES string of the molecule is CN1NCc2c1c(O)c(C(=O)NC13CC4CC(CC(C4)C1)C3)c(=O)n2CCCCF. The molecule has 0 unspecified atom stereocenters. The van der Waals surface area contributed by atoms with Crippen molar-refractivity contribution >= 4 is 11.6 Å². The van der Waals surface area contributed by atoms with E-state index in [1.165, 1.54) is 23.8 Å². The molecule has 2 heterocycles. The zero-order valence-electron chi connectivity index (χ0n) is 17.5. The Hall–Kier alpha value is -2.09. The maximum Gasteiger partial charge on any atom is 0.267 e. The second kappa shape index (κ2) is 7.25. The Labute approximate surface area is 175 Å². The van der Waals surface area contributed by atoms with Crippen LogP contribution in [0.3, 0.4) is 0 Å². The van der Waals surface area contributed by atoms with Crippen LogP contribution in [0.1, 0.15) is 67.4 Å². The summed E-state index contributed by atoms with van der Waals surface area (Å²) in [4.78, 5) is 26.7. The van der Waals surface area contributed by atoms with Gasteiger partial charge >= 0.3 is 0 Å². The van der Waals surface area contributed by atoms with Gasteiger partial charge in [-0.25, -0.2) is 5.43 Å². The Bertz CT molecular complexity index is 893. The zero-order valence-corrected chi connectivity index (χ0v) is 17.5. The number of alkyl halides is 1. The van der Waals surface area contributed by atoms with Crippen molar-refractivity contribution < 1.29 is 14.3 Å². The molecule has 4 aliphatic carbocycles. The Morgan fingerprint density at radius 1 is 1.20 bits per heavy atom. The first-order valence-corrected chi connectivity index (χ1v) is 11.2. The molecule has 4 bridgehead atoms. The number of fused-ring (bicyclic) bond motifs is 1. The number of aromatic nitrogens is 1. The number of anilines is 1. The van der Waals surface area contributed by atoms with Gasteiger partial charge < -0.3 is 20.0 Å². The summed E-state index contributed by atoms with van der Waals surface area (Å²) in [5, 5.41) is 15.8. The van der Waals surface area contributed by atoms with E-state index >= 15 is 0 Å². The summed E-state index contributed by atoms with van der Waals surface area (Å²) in [5.74, 6) is 1.27. The van der Waals surface area contributed by atoms with Crippen molar-refractivity contribution in [2.45, 2.75) is 70.0 Å². The maximum absolute atomic E-state index is 13.4. The molecule has 1 aromatic rings. The molecule has 1 amide bonds. The molecule has 1 aliphatic heterocycles. The molecule has 0 atom stereocenters. The highest BCUT2D eigenvalue weighted by atomic mass is 19.1. The van der Waals surface area contributed by atoms with E-state index in [1.807, 2.05) is 0 Å².